The van der Waals surface area contributed by atoms with Gasteiger partial charge in [0.25, 0.3) is 0 Å². The molecule has 0 spiro atoms. The van der Waals surface area contributed by atoms with Crippen LogP contribution in [0.25, 0.3) is 0 Å². The molecular weight excluding hydrogens is 380 g/mol. The summed E-state index contributed by atoms with van der Waals surface area (Å²) in [5, 5.41) is 2.97. The van der Waals surface area contributed by atoms with Gasteiger partial charge in [-0.3, -0.25) is 19.3 Å². The molecule has 1 aromatic carbocycles. The number of carbonyl (C=O) groups is 3. The first kappa shape index (κ1) is 22.3. The number of hydrogen-bond donors (Lipinski definition) is 1. The molecule has 2 aliphatic heterocycles. The third-order valence-electron chi connectivity index (χ3n) is 5.91. The van der Waals surface area contributed by atoms with Crippen molar-refractivity contribution in [3.8, 4) is 0 Å². The minimum Gasteiger partial charge on any atom is -0.350 e. The smallest absolute Gasteiger partial charge is 0.234 e. The molecular formula is C23H34N4O3. The molecule has 0 unspecified atom stereocenters. The predicted molar refractivity (Wildman–Crippen MR) is 117 cm³/mol. The number of nitrogens with one attached hydrogen (secondary N) is 1. The fourth-order valence-electron chi connectivity index (χ4n) is 4.18. The molecule has 30 heavy (non-hydrogen) atoms. The van der Waals surface area contributed by atoms with E-state index in [1.54, 1.807) is 4.90 Å². The largest absolute Gasteiger partial charge is 0.350 e. The summed E-state index contributed by atoms with van der Waals surface area (Å²) in [7, 11) is 0. The number of hydrogen-bond acceptors (Lipinski definition) is 4. The zero-order valence-electron chi connectivity index (χ0n) is 18.8. The van der Waals surface area contributed by atoms with Crippen LogP contribution in [0.3, 0.4) is 0 Å². The molecule has 0 radical (unpaired) electrons. The highest BCUT2D eigenvalue weighted by Gasteiger charge is 2.38. The van der Waals surface area contributed by atoms with E-state index in [1.807, 2.05) is 57.7 Å². The Morgan fingerprint density at radius 1 is 1.10 bits per heavy atom. The molecule has 7 heteroatoms. The van der Waals surface area contributed by atoms with Gasteiger partial charge in [-0.1, -0.05) is 12.1 Å². The Bertz CT molecular complexity index is 822. The van der Waals surface area contributed by atoms with Gasteiger partial charge in [-0.05, 0) is 51.8 Å². The first-order valence-corrected chi connectivity index (χ1v) is 10.7. The van der Waals surface area contributed by atoms with E-state index >= 15 is 0 Å². The molecule has 0 aromatic heterocycles. The highest BCUT2D eigenvalue weighted by atomic mass is 16.2. The lowest BCUT2D eigenvalue weighted by Crippen LogP contribution is -2.53. The molecule has 0 bridgehead atoms. The van der Waals surface area contributed by atoms with Gasteiger partial charge in [0, 0.05) is 50.4 Å². The number of anilines is 1. The van der Waals surface area contributed by atoms with Crippen molar-refractivity contribution in [1.29, 1.82) is 0 Å². The number of nitrogens with zero attached hydrogens (tertiary/aromatic N) is 3. The van der Waals surface area contributed by atoms with E-state index < -0.39 is 0 Å². The lowest BCUT2D eigenvalue weighted by molar-refractivity contribution is -0.137. The summed E-state index contributed by atoms with van der Waals surface area (Å²) in [4.78, 5) is 43.5. The fraction of sp³-hybridized carbons (Fsp3) is 0.609. The molecule has 0 saturated carbocycles. The van der Waals surface area contributed by atoms with Crippen LogP contribution in [-0.4, -0.2) is 72.3 Å². The Hall–Kier alpha value is -2.41. The van der Waals surface area contributed by atoms with E-state index in [0.29, 0.717) is 39.3 Å². The van der Waals surface area contributed by atoms with E-state index in [4.69, 9.17) is 0 Å². The molecule has 2 saturated heterocycles. The van der Waals surface area contributed by atoms with Gasteiger partial charge in [-0.15, -0.1) is 0 Å². The predicted octanol–water partition coefficient (Wildman–Crippen LogP) is 1.72. The third-order valence-corrected chi connectivity index (χ3v) is 5.91. The molecule has 7 nitrogen and oxygen atoms in total. The SMILES string of the molecule is Cc1cccc(N2C[C@@H](C(=O)N3CCN(CC(=O)NC(C)(C)C)CC3)CC2=O)c1C. The molecule has 1 N–H and O–H groups in total. The first-order chi connectivity index (χ1) is 14.0. The van der Waals surface area contributed by atoms with Crippen LogP contribution in [0.4, 0.5) is 5.69 Å². The summed E-state index contributed by atoms with van der Waals surface area (Å²) in [6.45, 7) is 13.3. The second kappa shape index (κ2) is 8.76. The van der Waals surface area contributed by atoms with Gasteiger partial charge in [0.15, 0.2) is 0 Å². The van der Waals surface area contributed by atoms with Gasteiger partial charge >= 0.3 is 0 Å². The summed E-state index contributed by atoms with van der Waals surface area (Å²) < 4.78 is 0. The van der Waals surface area contributed by atoms with Crippen molar-refractivity contribution in [2.75, 3.05) is 44.2 Å². The van der Waals surface area contributed by atoms with Crippen LogP contribution in [0.2, 0.25) is 0 Å². The maximum atomic E-state index is 13.0. The number of carbonyl (C=O) groups excluding carboxylic acids is 3. The van der Waals surface area contributed by atoms with Gasteiger partial charge in [0.2, 0.25) is 17.7 Å². The normalized spacial score (nSPS) is 20.6. The number of rotatable bonds is 4. The molecule has 2 fully saturated rings. The van der Waals surface area contributed by atoms with Crippen molar-refractivity contribution in [1.82, 2.24) is 15.1 Å². The molecule has 3 rings (SSSR count). The summed E-state index contributed by atoms with van der Waals surface area (Å²) >= 11 is 0. The molecule has 0 aliphatic carbocycles. The Morgan fingerprint density at radius 3 is 2.40 bits per heavy atom. The first-order valence-electron chi connectivity index (χ1n) is 10.7. The maximum Gasteiger partial charge on any atom is 0.234 e. The highest BCUT2D eigenvalue weighted by molar-refractivity contribution is 6.01. The molecule has 164 valence electrons. The summed E-state index contributed by atoms with van der Waals surface area (Å²) in [6, 6.07) is 5.94. The van der Waals surface area contributed by atoms with E-state index in [1.165, 1.54) is 0 Å². The van der Waals surface area contributed by atoms with Crippen LogP contribution >= 0.6 is 0 Å². The monoisotopic (exact) mass is 414 g/mol. The average molecular weight is 415 g/mol. The van der Waals surface area contributed by atoms with Crippen molar-refractivity contribution >= 4 is 23.4 Å². The van der Waals surface area contributed by atoms with E-state index in [-0.39, 0.29) is 35.6 Å². The van der Waals surface area contributed by atoms with E-state index in [0.717, 1.165) is 16.8 Å². The minimum absolute atomic E-state index is 0.00725. The number of piperazine rings is 1. The molecule has 2 heterocycles. The van der Waals surface area contributed by atoms with Crippen molar-refractivity contribution in [3.63, 3.8) is 0 Å². The molecule has 2 aliphatic rings. The Labute approximate surface area is 179 Å². The van der Waals surface area contributed by atoms with Gasteiger partial charge in [0.1, 0.15) is 0 Å². The quantitative estimate of drug-likeness (QED) is 0.814. The lowest BCUT2D eigenvalue weighted by atomic mass is 10.1. The zero-order chi connectivity index (χ0) is 22.1. The number of aryl methyl sites for hydroxylation is 1. The van der Waals surface area contributed by atoms with Crippen molar-refractivity contribution < 1.29 is 14.4 Å². The van der Waals surface area contributed by atoms with Crippen LogP contribution in [0.5, 0.6) is 0 Å². The standard InChI is InChI=1S/C23H34N4O3/c1-16-7-6-8-19(17(16)2)27-14-18(13-21(27)29)22(30)26-11-9-25(10-12-26)15-20(28)24-23(3,4)5/h6-8,18H,9-15H2,1-5H3,(H,24,28)/t18-/m0/s1. The van der Waals surface area contributed by atoms with Crippen molar-refractivity contribution in [3.05, 3.63) is 29.3 Å². The van der Waals surface area contributed by atoms with Crippen molar-refractivity contribution in [2.45, 2.75) is 46.6 Å². The minimum atomic E-state index is -0.298. The number of benzene rings is 1. The Morgan fingerprint density at radius 2 is 1.77 bits per heavy atom. The molecule has 3 amide bonds. The zero-order valence-corrected chi connectivity index (χ0v) is 18.8. The average Bonchev–Trinajstić information content (AvgIpc) is 3.04. The van der Waals surface area contributed by atoms with Crippen LogP contribution in [0.15, 0.2) is 18.2 Å². The van der Waals surface area contributed by atoms with E-state index in [9.17, 15) is 14.4 Å². The summed E-state index contributed by atoms with van der Waals surface area (Å²) in [5.74, 6) is -0.226. The molecule has 1 atom stereocenters. The van der Waals surface area contributed by atoms with Gasteiger partial charge in [0.05, 0.1) is 12.5 Å². The lowest BCUT2D eigenvalue weighted by Gasteiger charge is -2.36. The maximum absolute atomic E-state index is 13.0. The Balaban J connectivity index is 1.54. The van der Waals surface area contributed by atoms with Crippen LogP contribution in [0.1, 0.15) is 38.3 Å². The highest BCUT2D eigenvalue weighted by Crippen LogP contribution is 2.30. The van der Waals surface area contributed by atoms with Gasteiger partial charge in [-0.25, -0.2) is 0 Å². The summed E-state index contributed by atoms with van der Waals surface area (Å²) in [5.41, 5.74) is 2.89. The topological polar surface area (TPSA) is 73.0 Å². The van der Waals surface area contributed by atoms with Crippen LogP contribution in [0, 0.1) is 19.8 Å². The second-order valence-electron chi connectivity index (χ2n) is 9.52. The van der Waals surface area contributed by atoms with Crippen molar-refractivity contribution in [2.24, 2.45) is 5.92 Å². The second-order valence-corrected chi connectivity index (χ2v) is 9.52. The molecule has 1 aromatic rings. The van der Waals surface area contributed by atoms with Gasteiger partial charge in [-0.2, -0.15) is 0 Å². The Kier molecular flexibility index (Phi) is 6.50. The fourth-order valence-corrected chi connectivity index (χ4v) is 4.18. The van der Waals surface area contributed by atoms with Crippen LogP contribution in [-0.2, 0) is 14.4 Å². The number of amides is 3. The van der Waals surface area contributed by atoms with E-state index in [2.05, 4.69) is 10.2 Å². The third kappa shape index (κ3) is 5.19. The van der Waals surface area contributed by atoms with Crippen LogP contribution < -0.4 is 10.2 Å². The van der Waals surface area contributed by atoms with Gasteiger partial charge < -0.3 is 15.1 Å². The summed E-state index contributed by atoms with van der Waals surface area (Å²) in [6.07, 6.45) is 0.264.